The number of carbonyl (C=O) groups is 2. The Morgan fingerprint density at radius 2 is 2.46 bits per heavy atom. The average molecular weight is 181 g/mol. The van der Waals surface area contributed by atoms with E-state index in [4.69, 9.17) is 0 Å². The number of rotatable bonds is 1. The maximum absolute atomic E-state index is 11.1. The molecule has 1 heterocycles. The predicted octanol–water partition coefficient (Wildman–Crippen LogP) is -0.544. The number of hydrogen-bond donors (Lipinski definition) is 2. The van der Waals surface area contributed by atoms with Crippen LogP contribution >= 0.6 is 0 Å². The zero-order chi connectivity index (χ0) is 9.68. The first-order valence-electron chi connectivity index (χ1n) is 4.03. The van der Waals surface area contributed by atoms with Gasteiger partial charge in [-0.1, -0.05) is 5.92 Å². The average Bonchev–Trinajstić information content (AvgIpc) is 2.09. The van der Waals surface area contributed by atoms with Crippen LogP contribution in [-0.4, -0.2) is 30.0 Å². The highest BCUT2D eigenvalue weighted by Gasteiger charge is 2.18. The highest BCUT2D eigenvalue weighted by molar-refractivity contribution is 5.94. The van der Waals surface area contributed by atoms with Gasteiger partial charge in [0.15, 0.2) is 0 Å². The minimum atomic E-state index is -0.459. The molecule has 1 saturated heterocycles. The van der Waals surface area contributed by atoms with Gasteiger partial charge in [-0.05, 0) is 19.3 Å². The van der Waals surface area contributed by atoms with Crippen molar-refractivity contribution in [1.29, 1.82) is 0 Å². The van der Waals surface area contributed by atoms with Crippen molar-refractivity contribution >= 4 is 11.9 Å². The molecule has 0 aromatic heterocycles. The lowest BCUT2D eigenvalue weighted by Gasteiger charge is -2.26. The molecule has 0 radical (unpaired) electrons. The molecule has 1 aliphatic rings. The zero-order valence-electron chi connectivity index (χ0n) is 7.39. The van der Waals surface area contributed by atoms with Gasteiger partial charge in [0.25, 0.3) is 0 Å². The van der Waals surface area contributed by atoms with Crippen molar-refractivity contribution in [2.45, 2.75) is 13.3 Å². The first-order valence-corrected chi connectivity index (χ1v) is 4.03. The minimum Gasteiger partial charge on any atom is -0.336 e. The molecule has 3 amide bonds. The van der Waals surface area contributed by atoms with E-state index in [1.54, 1.807) is 6.92 Å². The number of hydrazine groups is 1. The number of carbonyl (C=O) groups excluding carboxylic acids is 2. The van der Waals surface area contributed by atoms with Gasteiger partial charge in [-0.15, -0.1) is 0 Å². The van der Waals surface area contributed by atoms with Gasteiger partial charge in [0, 0.05) is 13.1 Å². The molecule has 5 nitrogen and oxygen atoms in total. The Hall–Kier alpha value is -1.70. The van der Waals surface area contributed by atoms with Crippen molar-refractivity contribution in [2.75, 3.05) is 13.1 Å². The lowest BCUT2D eigenvalue weighted by molar-refractivity contribution is -0.119. The standard InChI is InChI=1S/C8H11N3O2/c1-2-4-7(12)10-11-6-3-5-9-8(11)13/h3,5-6H2,1H3,(H,9,13)(H,10,12). The molecular formula is C8H11N3O2. The van der Waals surface area contributed by atoms with Crippen LogP contribution in [0.4, 0.5) is 4.79 Å². The summed E-state index contributed by atoms with van der Waals surface area (Å²) in [5.74, 6) is 4.28. The van der Waals surface area contributed by atoms with Crippen molar-refractivity contribution in [3.05, 3.63) is 0 Å². The van der Waals surface area contributed by atoms with E-state index < -0.39 is 5.91 Å². The van der Waals surface area contributed by atoms with E-state index in [1.807, 2.05) is 0 Å². The Morgan fingerprint density at radius 3 is 3.08 bits per heavy atom. The molecule has 1 aliphatic heterocycles. The lowest BCUT2D eigenvalue weighted by atomic mass is 10.3. The molecule has 5 heteroatoms. The maximum atomic E-state index is 11.1. The first kappa shape index (κ1) is 9.39. The van der Waals surface area contributed by atoms with E-state index in [1.165, 1.54) is 5.01 Å². The summed E-state index contributed by atoms with van der Waals surface area (Å²) in [6.07, 6.45) is 0.825. The Bertz CT molecular complexity index is 277. The largest absolute Gasteiger partial charge is 0.336 e. The number of urea groups is 1. The summed E-state index contributed by atoms with van der Waals surface area (Å²) in [6, 6.07) is -0.280. The third kappa shape index (κ3) is 2.67. The van der Waals surface area contributed by atoms with Crippen LogP contribution in [0.3, 0.4) is 0 Å². The van der Waals surface area contributed by atoms with Crippen molar-refractivity contribution in [2.24, 2.45) is 0 Å². The van der Waals surface area contributed by atoms with Gasteiger partial charge in [0.2, 0.25) is 0 Å². The van der Waals surface area contributed by atoms with E-state index in [0.29, 0.717) is 13.1 Å². The van der Waals surface area contributed by atoms with Crippen LogP contribution in [0.1, 0.15) is 13.3 Å². The van der Waals surface area contributed by atoms with Crippen molar-refractivity contribution in [3.63, 3.8) is 0 Å². The quantitative estimate of drug-likeness (QED) is 0.533. The summed E-state index contributed by atoms with van der Waals surface area (Å²) in [4.78, 5) is 22.0. The van der Waals surface area contributed by atoms with Crippen LogP contribution in [0.5, 0.6) is 0 Å². The second-order valence-corrected chi connectivity index (χ2v) is 2.55. The highest BCUT2D eigenvalue weighted by Crippen LogP contribution is 1.94. The molecule has 13 heavy (non-hydrogen) atoms. The highest BCUT2D eigenvalue weighted by atomic mass is 16.2. The first-order chi connectivity index (χ1) is 6.24. The number of nitrogens with zero attached hydrogens (tertiary/aromatic N) is 1. The number of nitrogens with one attached hydrogen (secondary N) is 2. The van der Waals surface area contributed by atoms with Crippen LogP contribution in [-0.2, 0) is 4.79 Å². The normalized spacial score (nSPS) is 15.5. The van der Waals surface area contributed by atoms with Gasteiger partial charge in [0.05, 0.1) is 0 Å². The van der Waals surface area contributed by atoms with E-state index in [2.05, 4.69) is 22.6 Å². The molecule has 0 aromatic rings. The van der Waals surface area contributed by atoms with Crippen molar-refractivity contribution in [1.82, 2.24) is 15.8 Å². The lowest BCUT2D eigenvalue weighted by Crippen LogP contribution is -2.54. The van der Waals surface area contributed by atoms with Crippen LogP contribution in [0, 0.1) is 11.8 Å². The van der Waals surface area contributed by atoms with Crippen LogP contribution in [0.15, 0.2) is 0 Å². The molecule has 0 aromatic carbocycles. The maximum Gasteiger partial charge on any atom is 0.336 e. The van der Waals surface area contributed by atoms with Gasteiger partial charge in [-0.3, -0.25) is 10.2 Å². The monoisotopic (exact) mass is 181 g/mol. The molecule has 2 N–H and O–H groups in total. The summed E-state index contributed by atoms with van der Waals surface area (Å²) in [7, 11) is 0. The van der Waals surface area contributed by atoms with Gasteiger partial charge in [0.1, 0.15) is 0 Å². The Labute approximate surface area is 76.4 Å². The van der Waals surface area contributed by atoms with E-state index in [-0.39, 0.29) is 6.03 Å². The Kier molecular flexibility index (Phi) is 3.15. The van der Waals surface area contributed by atoms with Gasteiger partial charge >= 0.3 is 11.9 Å². The molecule has 1 fully saturated rings. The van der Waals surface area contributed by atoms with E-state index in [0.717, 1.165) is 6.42 Å². The van der Waals surface area contributed by atoms with Crippen molar-refractivity contribution in [3.8, 4) is 11.8 Å². The smallest absolute Gasteiger partial charge is 0.336 e. The fourth-order valence-corrected chi connectivity index (χ4v) is 1.00. The molecule has 0 spiro atoms. The van der Waals surface area contributed by atoms with Crippen LogP contribution < -0.4 is 10.7 Å². The number of hydrogen-bond acceptors (Lipinski definition) is 2. The summed E-state index contributed by atoms with van der Waals surface area (Å²) in [6.45, 7) is 2.75. The zero-order valence-corrected chi connectivity index (χ0v) is 7.39. The van der Waals surface area contributed by atoms with Gasteiger partial charge < -0.3 is 5.32 Å². The van der Waals surface area contributed by atoms with Crippen LogP contribution in [0.2, 0.25) is 0 Å². The van der Waals surface area contributed by atoms with Gasteiger partial charge in [-0.25, -0.2) is 9.80 Å². The topological polar surface area (TPSA) is 61.4 Å². The fourth-order valence-electron chi connectivity index (χ4n) is 1.00. The molecule has 1 rings (SSSR count). The second kappa shape index (κ2) is 4.36. The fraction of sp³-hybridized carbons (Fsp3) is 0.500. The molecule has 0 saturated carbocycles. The summed E-state index contributed by atoms with van der Waals surface area (Å²) < 4.78 is 0. The third-order valence-corrected chi connectivity index (χ3v) is 1.55. The summed E-state index contributed by atoms with van der Waals surface area (Å²) >= 11 is 0. The molecule has 0 atom stereocenters. The van der Waals surface area contributed by atoms with Gasteiger partial charge in [-0.2, -0.15) is 0 Å². The molecular weight excluding hydrogens is 170 g/mol. The van der Waals surface area contributed by atoms with E-state index in [9.17, 15) is 9.59 Å². The number of amides is 3. The molecule has 0 bridgehead atoms. The predicted molar refractivity (Wildman–Crippen MR) is 46.3 cm³/mol. The van der Waals surface area contributed by atoms with Crippen LogP contribution in [0.25, 0.3) is 0 Å². The van der Waals surface area contributed by atoms with Crippen molar-refractivity contribution < 1.29 is 9.59 Å². The molecule has 0 aliphatic carbocycles. The third-order valence-electron chi connectivity index (χ3n) is 1.55. The summed E-state index contributed by atoms with van der Waals surface area (Å²) in [5.41, 5.74) is 2.38. The second-order valence-electron chi connectivity index (χ2n) is 2.55. The van der Waals surface area contributed by atoms with E-state index >= 15 is 0 Å². The Balaban J connectivity index is 2.45. The SMILES string of the molecule is CC#CC(=O)NN1CCCNC1=O. The summed E-state index contributed by atoms with van der Waals surface area (Å²) in [5, 5.41) is 3.84. The Morgan fingerprint density at radius 1 is 1.69 bits per heavy atom. The molecule has 0 unspecified atom stereocenters. The molecule has 70 valence electrons. The minimum absolute atomic E-state index is 0.280.